The third kappa shape index (κ3) is 5.35. The molecule has 9 heteroatoms. The molecule has 0 bridgehead atoms. The molecule has 2 N–H and O–H groups in total. The average Bonchev–Trinajstić information content (AvgIpc) is 3.24. The van der Waals surface area contributed by atoms with Crippen LogP contribution in [0.25, 0.3) is 10.9 Å². The van der Waals surface area contributed by atoms with Crippen LogP contribution in [0.3, 0.4) is 0 Å². The van der Waals surface area contributed by atoms with Crippen molar-refractivity contribution in [2.45, 2.75) is 45.6 Å². The molecule has 1 fully saturated rings. The Hall–Kier alpha value is -3.07. The number of aromatic nitrogens is 2. The number of carbonyl (C=O) groups excluding carboxylic acids is 1. The van der Waals surface area contributed by atoms with Gasteiger partial charge in [0.1, 0.15) is 11.5 Å². The predicted molar refractivity (Wildman–Crippen MR) is 137 cm³/mol. The maximum Gasteiger partial charge on any atom is 0.270 e. The lowest BCUT2D eigenvalue weighted by Crippen LogP contribution is -2.47. The summed E-state index contributed by atoms with van der Waals surface area (Å²) in [6.07, 6.45) is 6.77. The van der Waals surface area contributed by atoms with Crippen molar-refractivity contribution < 1.29 is 13.2 Å². The quantitative estimate of drug-likeness (QED) is 0.504. The zero-order valence-corrected chi connectivity index (χ0v) is 20.9. The number of aryl methyl sites for hydroxylation is 1. The molecule has 1 aliphatic rings. The first-order valence-electron chi connectivity index (χ1n) is 11.9. The molecule has 3 heterocycles. The first-order chi connectivity index (χ1) is 16.3. The summed E-state index contributed by atoms with van der Waals surface area (Å²) in [5, 5.41) is 0.795. The van der Waals surface area contributed by atoms with Gasteiger partial charge in [0.15, 0.2) is 0 Å². The Balaban J connectivity index is 1.46. The number of fused-ring (bicyclic) bond motifs is 1. The molecule has 0 unspecified atom stereocenters. The topological polar surface area (TPSA) is 98.4 Å². The van der Waals surface area contributed by atoms with Gasteiger partial charge in [-0.15, -0.1) is 0 Å². The summed E-state index contributed by atoms with van der Waals surface area (Å²) in [5.74, 6) is 1.05. The van der Waals surface area contributed by atoms with Gasteiger partial charge in [0, 0.05) is 48.5 Å². The summed E-state index contributed by atoms with van der Waals surface area (Å²) in [6.45, 7) is 6.68. The van der Waals surface area contributed by atoms with Crippen LogP contribution in [0, 0.1) is 0 Å². The maximum atomic E-state index is 13.2. The smallest absolute Gasteiger partial charge is 0.270 e. The third-order valence-corrected chi connectivity index (χ3v) is 6.94. The molecule has 0 saturated carbocycles. The van der Waals surface area contributed by atoms with Gasteiger partial charge in [-0.25, -0.2) is 13.4 Å². The number of hydrogen-bond donors (Lipinski definition) is 2. The van der Waals surface area contributed by atoms with E-state index in [1.165, 1.54) is 5.56 Å². The van der Waals surface area contributed by atoms with E-state index in [-0.39, 0.29) is 5.91 Å². The molecule has 0 aliphatic carbocycles. The van der Waals surface area contributed by atoms with Crippen molar-refractivity contribution in [3.05, 3.63) is 53.9 Å². The van der Waals surface area contributed by atoms with E-state index in [1.54, 1.807) is 24.3 Å². The van der Waals surface area contributed by atoms with Gasteiger partial charge in [0.2, 0.25) is 10.0 Å². The monoisotopic (exact) mass is 483 g/mol. The number of anilines is 2. The highest BCUT2D eigenvalue weighted by Crippen LogP contribution is 2.27. The van der Waals surface area contributed by atoms with Crippen molar-refractivity contribution in [2.75, 3.05) is 35.5 Å². The molecule has 1 saturated heterocycles. The van der Waals surface area contributed by atoms with Crippen LogP contribution in [0.1, 0.15) is 49.2 Å². The number of rotatable bonds is 8. The van der Waals surface area contributed by atoms with Crippen LogP contribution >= 0.6 is 0 Å². The van der Waals surface area contributed by atoms with E-state index in [4.69, 9.17) is 4.98 Å². The normalized spacial score (nSPS) is 15.0. The summed E-state index contributed by atoms with van der Waals surface area (Å²) in [7, 11) is -3.36. The van der Waals surface area contributed by atoms with E-state index in [1.807, 2.05) is 17.2 Å². The average molecular weight is 484 g/mol. The van der Waals surface area contributed by atoms with Crippen LogP contribution in [0.2, 0.25) is 0 Å². The predicted octanol–water partition coefficient (Wildman–Crippen LogP) is 4.02. The van der Waals surface area contributed by atoms with Gasteiger partial charge in [-0.3, -0.25) is 9.52 Å². The molecule has 34 heavy (non-hydrogen) atoms. The van der Waals surface area contributed by atoms with E-state index >= 15 is 0 Å². The van der Waals surface area contributed by atoms with Crippen LogP contribution in [0.15, 0.2) is 42.6 Å². The molecular weight excluding hydrogens is 450 g/mol. The Morgan fingerprint density at radius 3 is 2.65 bits per heavy atom. The highest BCUT2D eigenvalue weighted by Gasteiger charge is 2.29. The Kier molecular flexibility index (Phi) is 7.11. The molecule has 0 atom stereocenters. The molecule has 1 aromatic carbocycles. The Bertz CT molecular complexity index is 1260. The number of H-pyrrole nitrogens is 1. The van der Waals surface area contributed by atoms with Crippen LogP contribution in [-0.2, 0) is 16.4 Å². The van der Waals surface area contributed by atoms with Gasteiger partial charge in [0.25, 0.3) is 5.91 Å². The fourth-order valence-electron chi connectivity index (χ4n) is 4.74. The zero-order chi connectivity index (χ0) is 24.3. The van der Waals surface area contributed by atoms with Crippen LogP contribution in [0.5, 0.6) is 0 Å². The van der Waals surface area contributed by atoms with Crippen molar-refractivity contribution in [3.8, 4) is 0 Å². The SMILES string of the molecule is CCCN(c1ncccc1CC)C1CCN(C(=O)c2cc3cc(NS(C)(=O)=O)ccc3[nH]2)CC1. The van der Waals surface area contributed by atoms with E-state index < -0.39 is 10.0 Å². The van der Waals surface area contributed by atoms with E-state index in [2.05, 4.69) is 34.5 Å². The lowest BCUT2D eigenvalue weighted by molar-refractivity contribution is 0.0707. The first kappa shape index (κ1) is 24.1. The third-order valence-electron chi connectivity index (χ3n) is 6.33. The maximum absolute atomic E-state index is 13.2. The highest BCUT2D eigenvalue weighted by atomic mass is 32.2. The summed E-state index contributed by atoms with van der Waals surface area (Å²) in [6, 6.07) is 11.5. The van der Waals surface area contributed by atoms with E-state index in [0.717, 1.165) is 55.2 Å². The largest absolute Gasteiger partial charge is 0.353 e. The number of sulfonamides is 1. The molecule has 3 aromatic rings. The number of nitrogens with zero attached hydrogens (tertiary/aromatic N) is 3. The molecule has 8 nitrogen and oxygen atoms in total. The van der Waals surface area contributed by atoms with E-state index in [9.17, 15) is 13.2 Å². The first-order valence-corrected chi connectivity index (χ1v) is 13.8. The number of aromatic amines is 1. The minimum Gasteiger partial charge on any atom is -0.353 e. The van der Waals surface area contributed by atoms with E-state index in [0.29, 0.717) is 30.5 Å². The molecule has 1 aliphatic heterocycles. The lowest BCUT2D eigenvalue weighted by Gasteiger charge is -2.39. The van der Waals surface area contributed by atoms with Gasteiger partial charge in [0.05, 0.1) is 6.26 Å². The Labute approximate surface area is 201 Å². The molecular formula is C25H33N5O3S. The standard InChI is InChI=1S/C25H33N5O3S/c1-4-13-30(24-18(5-2)7-6-12-26-24)21-10-14-29(15-11-21)25(31)23-17-19-16-20(28-34(3,32)33)8-9-22(19)27-23/h6-9,12,16-17,21,27-28H,4-5,10-11,13-15H2,1-3H3. The number of pyridine rings is 1. The zero-order valence-electron chi connectivity index (χ0n) is 20.0. The lowest BCUT2D eigenvalue weighted by atomic mass is 10.0. The highest BCUT2D eigenvalue weighted by molar-refractivity contribution is 7.92. The molecule has 2 aromatic heterocycles. The van der Waals surface area contributed by atoms with Crippen LogP contribution < -0.4 is 9.62 Å². The number of carbonyl (C=O) groups is 1. The van der Waals surface area contributed by atoms with Gasteiger partial charge in [-0.05, 0) is 61.6 Å². The number of piperidine rings is 1. The van der Waals surface area contributed by atoms with Crippen molar-refractivity contribution in [1.29, 1.82) is 0 Å². The minimum atomic E-state index is -3.36. The number of likely N-dealkylation sites (tertiary alicyclic amines) is 1. The van der Waals surface area contributed by atoms with Crippen LogP contribution in [0.4, 0.5) is 11.5 Å². The molecule has 182 valence electrons. The van der Waals surface area contributed by atoms with Gasteiger partial charge in [-0.2, -0.15) is 0 Å². The van der Waals surface area contributed by atoms with Gasteiger partial charge >= 0.3 is 0 Å². The summed E-state index contributed by atoms with van der Waals surface area (Å²) >= 11 is 0. The number of benzene rings is 1. The fourth-order valence-corrected chi connectivity index (χ4v) is 5.30. The summed E-state index contributed by atoms with van der Waals surface area (Å²) in [5.41, 5.74) is 3.06. The van der Waals surface area contributed by atoms with Gasteiger partial charge < -0.3 is 14.8 Å². The second-order valence-electron chi connectivity index (χ2n) is 8.92. The van der Waals surface area contributed by atoms with Crippen molar-refractivity contribution in [1.82, 2.24) is 14.9 Å². The second kappa shape index (κ2) is 10.0. The summed E-state index contributed by atoms with van der Waals surface area (Å²) < 4.78 is 25.5. The van der Waals surface area contributed by atoms with Crippen molar-refractivity contribution in [2.24, 2.45) is 0 Å². The molecule has 0 radical (unpaired) electrons. The molecule has 4 rings (SSSR count). The number of amides is 1. The van der Waals surface area contributed by atoms with Gasteiger partial charge in [-0.1, -0.05) is 19.9 Å². The van der Waals surface area contributed by atoms with Crippen molar-refractivity contribution >= 4 is 38.3 Å². The summed E-state index contributed by atoms with van der Waals surface area (Å²) in [4.78, 5) is 25.4. The minimum absolute atomic E-state index is 0.0265. The molecule has 1 amide bonds. The number of nitrogens with one attached hydrogen (secondary N) is 2. The number of hydrogen-bond acceptors (Lipinski definition) is 5. The van der Waals surface area contributed by atoms with Crippen molar-refractivity contribution in [3.63, 3.8) is 0 Å². The second-order valence-corrected chi connectivity index (χ2v) is 10.7. The Morgan fingerprint density at radius 1 is 1.21 bits per heavy atom. The fraction of sp³-hybridized carbons (Fsp3) is 0.440. The molecule has 0 spiro atoms. The Morgan fingerprint density at radius 2 is 1.97 bits per heavy atom. The van der Waals surface area contributed by atoms with Crippen LogP contribution in [-0.4, -0.2) is 61.1 Å².